The standard InChI is InChI=1S/C34H26BrNO4S/c1-2-39-30-18-23(17-29(35)32(30)40-21-27-12-7-11-25-9-5-6-13-28(25)27)19-31-33(37)36(34(38)41-31)20-22-14-15-24-8-3-4-10-26(24)16-22/h3-19H,2,20-21H2,1H3/b31-19-. The van der Waals surface area contributed by atoms with Crippen molar-refractivity contribution in [1.29, 1.82) is 0 Å². The fourth-order valence-corrected chi connectivity index (χ4v) is 6.36. The van der Waals surface area contributed by atoms with Crippen molar-refractivity contribution in [1.82, 2.24) is 4.90 Å². The van der Waals surface area contributed by atoms with Gasteiger partial charge in [0.05, 0.1) is 22.5 Å². The van der Waals surface area contributed by atoms with Gasteiger partial charge in [0.15, 0.2) is 11.5 Å². The first-order chi connectivity index (χ1) is 20.0. The molecule has 41 heavy (non-hydrogen) atoms. The van der Waals surface area contributed by atoms with E-state index in [4.69, 9.17) is 9.47 Å². The van der Waals surface area contributed by atoms with Gasteiger partial charge in [-0.05, 0) is 97.1 Å². The summed E-state index contributed by atoms with van der Waals surface area (Å²) >= 11 is 4.59. The van der Waals surface area contributed by atoms with E-state index in [0.717, 1.165) is 50.0 Å². The summed E-state index contributed by atoms with van der Waals surface area (Å²) in [5.74, 6) is 0.837. The summed E-state index contributed by atoms with van der Waals surface area (Å²) in [4.78, 5) is 27.8. The molecule has 6 rings (SSSR count). The Morgan fingerprint density at radius 2 is 1.59 bits per heavy atom. The number of carbonyl (C=O) groups is 2. The van der Waals surface area contributed by atoms with E-state index in [1.165, 1.54) is 4.90 Å². The summed E-state index contributed by atoms with van der Waals surface area (Å²) in [7, 11) is 0. The Kier molecular flexibility index (Phi) is 7.81. The molecule has 204 valence electrons. The van der Waals surface area contributed by atoms with Crippen LogP contribution >= 0.6 is 27.7 Å². The molecule has 2 amide bonds. The normalized spacial score (nSPS) is 14.4. The van der Waals surface area contributed by atoms with E-state index in [0.29, 0.717) is 34.1 Å². The highest BCUT2D eigenvalue weighted by atomic mass is 79.9. The van der Waals surface area contributed by atoms with Gasteiger partial charge < -0.3 is 9.47 Å². The number of hydrogen-bond donors (Lipinski definition) is 0. The molecule has 5 nitrogen and oxygen atoms in total. The number of rotatable bonds is 8. The van der Waals surface area contributed by atoms with Crippen LogP contribution in [0, 0.1) is 0 Å². The first kappa shape index (κ1) is 27.1. The fourth-order valence-electron chi connectivity index (χ4n) is 4.95. The predicted octanol–water partition coefficient (Wildman–Crippen LogP) is 8.97. The first-order valence-corrected chi connectivity index (χ1v) is 14.9. The highest BCUT2D eigenvalue weighted by molar-refractivity contribution is 9.10. The molecule has 7 heteroatoms. The molecule has 1 aliphatic heterocycles. The minimum atomic E-state index is -0.307. The number of amides is 2. The Morgan fingerprint density at radius 3 is 2.41 bits per heavy atom. The smallest absolute Gasteiger partial charge is 0.293 e. The van der Waals surface area contributed by atoms with Crippen LogP contribution in [-0.4, -0.2) is 22.7 Å². The molecule has 0 aromatic heterocycles. The van der Waals surface area contributed by atoms with E-state index in [2.05, 4.69) is 40.2 Å². The Hall–Kier alpha value is -4.07. The molecule has 0 saturated carbocycles. The highest BCUT2D eigenvalue weighted by Crippen LogP contribution is 2.40. The first-order valence-electron chi connectivity index (χ1n) is 13.3. The minimum Gasteiger partial charge on any atom is -0.490 e. The van der Waals surface area contributed by atoms with Crippen LogP contribution in [0.25, 0.3) is 27.6 Å². The lowest BCUT2D eigenvalue weighted by Gasteiger charge is -2.16. The Bertz CT molecular complexity index is 1830. The molecule has 1 heterocycles. The van der Waals surface area contributed by atoms with E-state index < -0.39 is 0 Å². The topological polar surface area (TPSA) is 55.8 Å². The number of nitrogens with zero attached hydrogens (tertiary/aromatic N) is 1. The molecule has 5 aromatic carbocycles. The van der Waals surface area contributed by atoms with Crippen molar-refractivity contribution < 1.29 is 19.1 Å². The lowest BCUT2D eigenvalue weighted by atomic mass is 10.1. The van der Waals surface area contributed by atoms with E-state index in [1.807, 2.05) is 79.7 Å². The molecular weight excluding hydrogens is 598 g/mol. The van der Waals surface area contributed by atoms with Crippen molar-refractivity contribution in [2.75, 3.05) is 6.61 Å². The Labute approximate surface area is 250 Å². The number of imide groups is 1. The lowest BCUT2D eigenvalue weighted by Crippen LogP contribution is -2.27. The van der Waals surface area contributed by atoms with Gasteiger partial charge in [-0.2, -0.15) is 0 Å². The maximum absolute atomic E-state index is 13.3. The van der Waals surface area contributed by atoms with Gasteiger partial charge in [0.1, 0.15) is 6.61 Å². The number of halogens is 1. The molecule has 1 saturated heterocycles. The molecule has 5 aromatic rings. The zero-order chi connectivity index (χ0) is 28.3. The van der Waals surface area contributed by atoms with Gasteiger partial charge in [-0.25, -0.2) is 0 Å². The van der Waals surface area contributed by atoms with Crippen LogP contribution < -0.4 is 9.47 Å². The van der Waals surface area contributed by atoms with Gasteiger partial charge in [0.2, 0.25) is 0 Å². The van der Waals surface area contributed by atoms with Crippen molar-refractivity contribution in [3.8, 4) is 11.5 Å². The van der Waals surface area contributed by atoms with Crippen LogP contribution in [0.5, 0.6) is 11.5 Å². The summed E-state index contributed by atoms with van der Waals surface area (Å²) in [5.41, 5.74) is 2.71. The van der Waals surface area contributed by atoms with E-state index in [-0.39, 0.29) is 17.7 Å². The van der Waals surface area contributed by atoms with Gasteiger partial charge in [0.25, 0.3) is 11.1 Å². The van der Waals surface area contributed by atoms with Crippen LogP contribution in [0.15, 0.2) is 106 Å². The molecule has 0 bridgehead atoms. The van der Waals surface area contributed by atoms with Crippen LogP contribution in [0.2, 0.25) is 0 Å². The second-order valence-corrected chi connectivity index (χ2v) is 11.5. The molecule has 0 spiro atoms. The van der Waals surface area contributed by atoms with Crippen LogP contribution in [0.1, 0.15) is 23.6 Å². The molecule has 0 unspecified atom stereocenters. The summed E-state index contributed by atoms with van der Waals surface area (Å²) in [6.45, 7) is 2.95. The van der Waals surface area contributed by atoms with E-state index in [9.17, 15) is 9.59 Å². The Balaban J connectivity index is 1.23. The number of fused-ring (bicyclic) bond motifs is 2. The largest absolute Gasteiger partial charge is 0.490 e. The average molecular weight is 625 g/mol. The number of carbonyl (C=O) groups excluding carboxylic acids is 2. The third-order valence-electron chi connectivity index (χ3n) is 6.91. The Morgan fingerprint density at radius 1 is 0.829 bits per heavy atom. The molecular formula is C34H26BrNO4S. The SMILES string of the molecule is CCOc1cc(/C=C2\SC(=O)N(Cc3ccc4ccccc4c3)C2=O)cc(Br)c1OCc1cccc2ccccc12. The fraction of sp³-hybridized carbons (Fsp3) is 0.118. The summed E-state index contributed by atoms with van der Waals surface area (Å²) in [5, 5.41) is 4.20. The second-order valence-electron chi connectivity index (χ2n) is 9.64. The molecule has 0 radical (unpaired) electrons. The maximum Gasteiger partial charge on any atom is 0.293 e. The monoisotopic (exact) mass is 623 g/mol. The summed E-state index contributed by atoms with van der Waals surface area (Å²) < 4.78 is 12.9. The summed E-state index contributed by atoms with van der Waals surface area (Å²) in [6.07, 6.45) is 1.73. The third kappa shape index (κ3) is 5.73. The van der Waals surface area contributed by atoms with Crippen LogP contribution in [0.3, 0.4) is 0 Å². The summed E-state index contributed by atoms with van der Waals surface area (Å²) in [6, 6.07) is 32.1. The lowest BCUT2D eigenvalue weighted by molar-refractivity contribution is -0.123. The predicted molar refractivity (Wildman–Crippen MR) is 169 cm³/mol. The third-order valence-corrected chi connectivity index (χ3v) is 8.41. The molecule has 0 atom stereocenters. The van der Waals surface area contributed by atoms with Gasteiger partial charge >= 0.3 is 0 Å². The van der Waals surface area contributed by atoms with Gasteiger partial charge in [-0.1, -0.05) is 78.9 Å². The number of hydrogen-bond acceptors (Lipinski definition) is 5. The van der Waals surface area contributed by atoms with Crippen LogP contribution in [-0.2, 0) is 17.9 Å². The minimum absolute atomic E-state index is 0.224. The van der Waals surface area contributed by atoms with Gasteiger partial charge in [-0.3, -0.25) is 14.5 Å². The molecule has 1 fully saturated rings. The van der Waals surface area contributed by atoms with Gasteiger partial charge in [-0.15, -0.1) is 0 Å². The van der Waals surface area contributed by atoms with Crippen molar-refractivity contribution in [3.05, 3.63) is 123 Å². The van der Waals surface area contributed by atoms with E-state index >= 15 is 0 Å². The van der Waals surface area contributed by atoms with Crippen molar-refractivity contribution >= 4 is 66.5 Å². The molecule has 0 aliphatic carbocycles. The van der Waals surface area contributed by atoms with E-state index in [1.54, 1.807) is 6.08 Å². The van der Waals surface area contributed by atoms with Crippen LogP contribution in [0.4, 0.5) is 4.79 Å². The average Bonchev–Trinajstić information content (AvgIpc) is 3.24. The maximum atomic E-state index is 13.3. The molecule has 0 N–H and O–H groups in total. The zero-order valence-corrected chi connectivity index (χ0v) is 24.7. The zero-order valence-electron chi connectivity index (χ0n) is 22.3. The second kappa shape index (κ2) is 11.8. The number of thioether (sulfide) groups is 1. The van der Waals surface area contributed by atoms with Crippen molar-refractivity contribution in [2.45, 2.75) is 20.1 Å². The quantitative estimate of drug-likeness (QED) is 0.161. The number of ether oxygens (including phenoxy) is 2. The number of benzene rings is 5. The highest BCUT2D eigenvalue weighted by Gasteiger charge is 2.35. The van der Waals surface area contributed by atoms with Crippen molar-refractivity contribution in [3.63, 3.8) is 0 Å². The van der Waals surface area contributed by atoms with Gasteiger partial charge in [0, 0.05) is 0 Å². The molecule has 1 aliphatic rings. The van der Waals surface area contributed by atoms with Crippen molar-refractivity contribution in [2.24, 2.45) is 0 Å².